The van der Waals surface area contributed by atoms with Crippen molar-refractivity contribution in [3.63, 3.8) is 0 Å². The Morgan fingerprint density at radius 3 is 2.63 bits per heavy atom. The monoisotopic (exact) mass is 515 g/mol. The van der Waals surface area contributed by atoms with E-state index < -0.39 is 11.7 Å². The van der Waals surface area contributed by atoms with E-state index in [-0.39, 0.29) is 5.91 Å². The minimum atomic E-state index is -0.593. The summed E-state index contributed by atoms with van der Waals surface area (Å²) in [5.74, 6) is 0.934. The van der Waals surface area contributed by atoms with E-state index in [9.17, 15) is 9.59 Å². The fourth-order valence-corrected chi connectivity index (χ4v) is 5.58. The third kappa shape index (κ3) is 6.93. The van der Waals surface area contributed by atoms with E-state index in [1.165, 1.54) is 21.4 Å². The van der Waals surface area contributed by atoms with Gasteiger partial charge in [0.2, 0.25) is 0 Å². The first-order valence-corrected chi connectivity index (χ1v) is 13.7. The predicted octanol–water partition coefficient (Wildman–Crippen LogP) is 5.04. The number of nitrogens with zero attached hydrogens (tertiary/aromatic N) is 3. The maximum Gasteiger partial charge on any atom is 0.412 e. The number of unbranched alkanes of at least 4 members (excludes halogenated alkanes) is 1. The summed E-state index contributed by atoms with van der Waals surface area (Å²) in [5, 5.41) is 10.4. The lowest BCUT2D eigenvalue weighted by Crippen LogP contribution is -2.46. The van der Waals surface area contributed by atoms with E-state index in [1.54, 1.807) is 43.1 Å². The standard InChI is InChI=1S/C25H33N5O3S2/c1-25(2,3)33-24(32)27-20-17-34-16-19(20)23(31)26-10-6-7-11-29-12-14-30(15-13-29)22-18-8-4-5-9-21(18)35-28-22/h4-5,8-9,16-17H,6-7,10-15H2,1-3H3,(H,26,31)(H,27,32). The van der Waals surface area contributed by atoms with Crippen molar-refractivity contribution >= 4 is 56.5 Å². The van der Waals surface area contributed by atoms with Crippen molar-refractivity contribution in [3.05, 3.63) is 40.6 Å². The second-order valence-corrected chi connectivity index (χ2v) is 11.2. The third-order valence-electron chi connectivity index (χ3n) is 5.76. The first-order chi connectivity index (χ1) is 16.8. The van der Waals surface area contributed by atoms with Crippen molar-refractivity contribution in [2.75, 3.05) is 49.5 Å². The van der Waals surface area contributed by atoms with Crippen LogP contribution in [0.3, 0.4) is 0 Å². The summed E-state index contributed by atoms with van der Waals surface area (Å²) in [5.41, 5.74) is 0.351. The van der Waals surface area contributed by atoms with Gasteiger partial charge in [-0.25, -0.2) is 4.79 Å². The molecule has 0 saturated carbocycles. The highest BCUT2D eigenvalue weighted by Gasteiger charge is 2.21. The third-order valence-corrected chi connectivity index (χ3v) is 7.32. The molecule has 1 aliphatic rings. The van der Waals surface area contributed by atoms with Gasteiger partial charge in [-0.15, -0.1) is 11.3 Å². The molecule has 0 aliphatic carbocycles. The van der Waals surface area contributed by atoms with E-state index in [2.05, 4.69) is 49.1 Å². The molecular weight excluding hydrogens is 482 g/mol. The summed E-state index contributed by atoms with van der Waals surface area (Å²) in [4.78, 5) is 29.5. The highest BCUT2D eigenvalue weighted by atomic mass is 32.1. The molecule has 3 heterocycles. The fraction of sp³-hybridized carbons (Fsp3) is 0.480. The van der Waals surface area contributed by atoms with Gasteiger partial charge in [0, 0.05) is 48.9 Å². The number of carbonyl (C=O) groups excluding carboxylic acids is 2. The number of amides is 2. The smallest absolute Gasteiger partial charge is 0.412 e. The Morgan fingerprint density at radius 1 is 1.09 bits per heavy atom. The number of anilines is 2. The predicted molar refractivity (Wildman–Crippen MR) is 144 cm³/mol. The number of nitrogens with one attached hydrogen (secondary N) is 2. The lowest BCUT2D eigenvalue weighted by molar-refractivity contribution is 0.0636. The van der Waals surface area contributed by atoms with Crippen LogP contribution in [0.5, 0.6) is 0 Å². The Kier molecular flexibility index (Phi) is 8.25. The van der Waals surface area contributed by atoms with Crippen LogP contribution in [0.2, 0.25) is 0 Å². The normalized spacial score (nSPS) is 14.8. The lowest BCUT2D eigenvalue weighted by Gasteiger charge is -2.35. The van der Waals surface area contributed by atoms with Gasteiger partial charge < -0.3 is 15.0 Å². The molecule has 10 heteroatoms. The van der Waals surface area contributed by atoms with E-state index in [0.29, 0.717) is 17.8 Å². The first kappa shape index (κ1) is 25.4. The first-order valence-electron chi connectivity index (χ1n) is 12.0. The summed E-state index contributed by atoms with van der Waals surface area (Å²) in [7, 11) is 0. The zero-order chi connectivity index (χ0) is 24.8. The molecule has 2 amide bonds. The van der Waals surface area contributed by atoms with Crippen molar-refractivity contribution in [2.45, 2.75) is 39.2 Å². The largest absolute Gasteiger partial charge is 0.444 e. The molecule has 1 aliphatic heterocycles. The molecule has 1 fully saturated rings. The van der Waals surface area contributed by atoms with Crippen LogP contribution in [0.1, 0.15) is 44.0 Å². The molecule has 3 aromatic rings. The van der Waals surface area contributed by atoms with Gasteiger partial charge in [0.15, 0.2) is 0 Å². The number of hydrogen-bond acceptors (Lipinski definition) is 8. The number of ether oxygens (including phenoxy) is 1. The summed E-state index contributed by atoms with van der Waals surface area (Å²) in [6.45, 7) is 11.0. The van der Waals surface area contributed by atoms with Gasteiger partial charge >= 0.3 is 6.09 Å². The Hall–Kier alpha value is -2.69. The fourth-order valence-electron chi connectivity index (χ4n) is 4.02. The van der Waals surface area contributed by atoms with E-state index in [1.807, 2.05) is 0 Å². The van der Waals surface area contributed by atoms with Gasteiger partial charge in [-0.05, 0) is 63.8 Å². The van der Waals surface area contributed by atoms with Crippen molar-refractivity contribution in [2.24, 2.45) is 0 Å². The van der Waals surface area contributed by atoms with Gasteiger partial charge in [-0.1, -0.05) is 12.1 Å². The Balaban J connectivity index is 1.14. The van der Waals surface area contributed by atoms with Crippen LogP contribution in [0, 0.1) is 0 Å². The van der Waals surface area contributed by atoms with Crippen molar-refractivity contribution in [3.8, 4) is 0 Å². The van der Waals surface area contributed by atoms with Crippen LogP contribution in [0.25, 0.3) is 10.1 Å². The minimum absolute atomic E-state index is 0.179. The van der Waals surface area contributed by atoms with Crippen LogP contribution in [-0.4, -0.2) is 66.1 Å². The molecule has 1 aromatic carbocycles. The van der Waals surface area contributed by atoms with Gasteiger partial charge in [0.05, 0.1) is 16.0 Å². The Morgan fingerprint density at radius 2 is 1.86 bits per heavy atom. The van der Waals surface area contributed by atoms with Crippen molar-refractivity contribution < 1.29 is 14.3 Å². The molecular formula is C25H33N5O3S2. The maximum absolute atomic E-state index is 12.6. The second kappa shape index (κ2) is 11.4. The molecule has 4 rings (SSSR count). The Bertz CT molecular complexity index is 1150. The SMILES string of the molecule is CC(C)(C)OC(=O)Nc1cscc1C(=O)NCCCCN1CCN(c2nsc3ccccc23)CC1. The number of fused-ring (bicyclic) bond motifs is 1. The van der Waals surface area contributed by atoms with Crippen molar-refractivity contribution in [1.82, 2.24) is 14.6 Å². The average Bonchev–Trinajstić information content (AvgIpc) is 3.45. The van der Waals surface area contributed by atoms with Gasteiger partial charge in [0.1, 0.15) is 11.4 Å². The molecule has 8 nitrogen and oxygen atoms in total. The van der Waals surface area contributed by atoms with E-state index in [4.69, 9.17) is 4.74 Å². The van der Waals surface area contributed by atoms with E-state index >= 15 is 0 Å². The van der Waals surface area contributed by atoms with E-state index in [0.717, 1.165) is 51.4 Å². The number of piperazine rings is 1. The summed E-state index contributed by atoms with van der Waals surface area (Å²) < 4.78 is 11.2. The number of hydrogen-bond donors (Lipinski definition) is 2. The quantitative estimate of drug-likeness (QED) is 0.409. The van der Waals surface area contributed by atoms with Gasteiger partial charge in [-0.3, -0.25) is 15.0 Å². The second-order valence-electron chi connectivity index (χ2n) is 9.62. The molecule has 0 unspecified atom stereocenters. The lowest BCUT2D eigenvalue weighted by atomic mass is 10.2. The number of thiophene rings is 1. The zero-order valence-corrected chi connectivity index (χ0v) is 22.1. The summed E-state index contributed by atoms with van der Waals surface area (Å²) in [6.07, 6.45) is 1.36. The molecule has 1 saturated heterocycles. The van der Waals surface area contributed by atoms with Crippen LogP contribution in [0.15, 0.2) is 35.0 Å². The number of benzene rings is 1. The molecule has 35 heavy (non-hydrogen) atoms. The minimum Gasteiger partial charge on any atom is -0.444 e. The zero-order valence-electron chi connectivity index (χ0n) is 20.5. The molecule has 0 radical (unpaired) electrons. The molecule has 0 bridgehead atoms. The highest BCUT2D eigenvalue weighted by Crippen LogP contribution is 2.29. The summed E-state index contributed by atoms with van der Waals surface area (Å²) in [6, 6.07) is 8.42. The summed E-state index contributed by atoms with van der Waals surface area (Å²) >= 11 is 2.94. The molecule has 0 spiro atoms. The van der Waals surface area contributed by atoms with Crippen LogP contribution in [0.4, 0.5) is 16.3 Å². The average molecular weight is 516 g/mol. The highest BCUT2D eigenvalue weighted by molar-refractivity contribution is 7.13. The van der Waals surface area contributed by atoms with Crippen LogP contribution < -0.4 is 15.5 Å². The van der Waals surface area contributed by atoms with Crippen LogP contribution >= 0.6 is 22.9 Å². The number of carbonyl (C=O) groups is 2. The number of rotatable bonds is 8. The van der Waals surface area contributed by atoms with Crippen molar-refractivity contribution in [1.29, 1.82) is 0 Å². The molecule has 188 valence electrons. The Labute approximate surface area is 214 Å². The molecule has 2 N–H and O–H groups in total. The number of aromatic nitrogens is 1. The molecule has 0 atom stereocenters. The maximum atomic E-state index is 12.6. The topological polar surface area (TPSA) is 86.8 Å². The van der Waals surface area contributed by atoms with Gasteiger partial charge in [0.25, 0.3) is 5.91 Å². The van der Waals surface area contributed by atoms with Crippen LogP contribution in [-0.2, 0) is 4.74 Å². The molecule has 2 aromatic heterocycles. The van der Waals surface area contributed by atoms with Gasteiger partial charge in [-0.2, -0.15) is 4.37 Å².